The van der Waals surface area contributed by atoms with Gasteiger partial charge >= 0.3 is 0 Å². The van der Waals surface area contributed by atoms with Crippen molar-refractivity contribution in [1.29, 1.82) is 0 Å². The lowest BCUT2D eigenvalue weighted by molar-refractivity contribution is -0.118. The van der Waals surface area contributed by atoms with E-state index < -0.39 is 0 Å². The van der Waals surface area contributed by atoms with Crippen molar-refractivity contribution in [2.24, 2.45) is 17.1 Å². The van der Waals surface area contributed by atoms with E-state index in [1.165, 1.54) is 30.6 Å². The van der Waals surface area contributed by atoms with Crippen molar-refractivity contribution in [1.82, 2.24) is 10.2 Å². The molecule has 1 aliphatic rings. The summed E-state index contributed by atoms with van der Waals surface area (Å²) in [5.74, 6) is 0.568. The summed E-state index contributed by atoms with van der Waals surface area (Å²) in [5, 5.41) is 12.7. The monoisotopic (exact) mass is 310 g/mol. The minimum Gasteiger partial charge on any atom is -0.330 e. The van der Waals surface area contributed by atoms with E-state index in [0.717, 1.165) is 24.3 Å². The molecule has 0 bridgehead atoms. The molecular formula is C15H26N4OS. The lowest BCUT2D eigenvalue weighted by Gasteiger charge is -2.35. The Kier molecular flexibility index (Phi) is 5.70. The minimum atomic E-state index is -0.00617. The molecule has 2 rings (SSSR count). The molecule has 1 fully saturated rings. The Hall–Kier alpha value is -1.01. The van der Waals surface area contributed by atoms with E-state index in [-0.39, 0.29) is 11.3 Å². The summed E-state index contributed by atoms with van der Waals surface area (Å²) >= 11 is 1.47. The molecule has 1 aromatic rings. The number of hydrogen-bond donors (Lipinski definition) is 2. The van der Waals surface area contributed by atoms with E-state index in [1.807, 2.05) is 0 Å². The number of nitrogens with one attached hydrogen (secondary N) is 1. The SMILES string of the molecule is CC(C)Cc1nnc(NC(=O)CC2(CN)CCCCC2)s1. The zero-order valence-corrected chi connectivity index (χ0v) is 13.8. The summed E-state index contributed by atoms with van der Waals surface area (Å²) in [5.41, 5.74) is 5.93. The van der Waals surface area contributed by atoms with Crippen LogP contribution in [0, 0.1) is 11.3 Å². The van der Waals surface area contributed by atoms with Gasteiger partial charge in [-0.2, -0.15) is 0 Å². The predicted molar refractivity (Wildman–Crippen MR) is 86.3 cm³/mol. The van der Waals surface area contributed by atoms with Gasteiger partial charge in [0.25, 0.3) is 0 Å². The molecule has 5 nitrogen and oxygen atoms in total. The third-order valence-corrected chi connectivity index (χ3v) is 5.04. The summed E-state index contributed by atoms with van der Waals surface area (Å²) in [6.07, 6.45) is 7.15. The molecule has 21 heavy (non-hydrogen) atoms. The van der Waals surface area contributed by atoms with Crippen LogP contribution in [0.25, 0.3) is 0 Å². The van der Waals surface area contributed by atoms with Gasteiger partial charge in [0.2, 0.25) is 11.0 Å². The van der Waals surface area contributed by atoms with Crippen LogP contribution in [0.1, 0.15) is 57.4 Å². The number of anilines is 1. The van der Waals surface area contributed by atoms with Crippen LogP contribution in [0.3, 0.4) is 0 Å². The first-order chi connectivity index (χ1) is 10.0. The molecule has 0 radical (unpaired) electrons. The number of carbonyl (C=O) groups excluding carboxylic acids is 1. The smallest absolute Gasteiger partial charge is 0.226 e. The summed E-state index contributed by atoms with van der Waals surface area (Å²) in [6, 6.07) is 0. The minimum absolute atomic E-state index is 0.00617. The predicted octanol–water partition coefficient (Wildman–Crippen LogP) is 2.97. The van der Waals surface area contributed by atoms with Gasteiger partial charge < -0.3 is 11.1 Å². The lowest BCUT2D eigenvalue weighted by atomic mass is 9.72. The van der Waals surface area contributed by atoms with Crippen molar-refractivity contribution < 1.29 is 4.79 Å². The van der Waals surface area contributed by atoms with Crippen LogP contribution < -0.4 is 11.1 Å². The quantitative estimate of drug-likeness (QED) is 0.846. The van der Waals surface area contributed by atoms with Gasteiger partial charge in [-0.05, 0) is 30.7 Å². The third kappa shape index (κ3) is 4.74. The maximum absolute atomic E-state index is 12.2. The number of rotatable bonds is 6. The van der Waals surface area contributed by atoms with Crippen LogP contribution in [0.4, 0.5) is 5.13 Å². The number of carbonyl (C=O) groups is 1. The van der Waals surface area contributed by atoms with Crippen molar-refractivity contribution in [3.63, 3.8) is 0 Å². The van der Waals surface area contributed by atoms with Gasteiger partial charge in [-0.1, -0.05) is 44.4 Å². The highest BCUT2D eigenvalue weighted by Gasteiger charge is 2.33. The fourth-order valence-corrected chi connectivity index (χ4v) is 3.96. The maximum Gasteiger partial charge on any atom is 0.226 e. The Bertz CT molecular complexity index is 466. The van der Waals surface area contributed by atoms with Crippen LogP contribution in [-0.2, 0) is 11.2 Å². The van der Waals surface area contributed by atoms with Gasteiger partial charge in [-0.15, -0.1) is 10.2 Å². The van der Waals surface area contributed by atoms with E-state index in [0.29, 0.717) is 24.0 Å². The summed E-state index contributed by atoms with van der Waals surface area (Å²) in [7, 11) is 0. The molecule has 118 valence electrons. The molecular weight excluding hydrogens is 284 g/mol. The van der Waals surface area contributed by atoms with E-state index >= 15 is 0 Å². The first-order valence-corrected chi connectivity index (χ1v) is 8.67. The summed E-state index contributed by atoms with van der Waals surface area (Å²) in [6.45, 7) is 4.89. The molecule has 0 unspecified atom stereocenters. The largest absolute Gasteiger partial charge is 0.330 e. The molecule has 0 aromatic carbocycles. The zero-order valence-electron chi connectivity index (χ0n) is 13.0. The number of nitrogens with zero attached hydrogens (tertiary/aromatic N) is 2. The van der Waals surface area contributed by atoms with Crippen molar-refractivity contribution in [2.75, 3.05) is 11.9 Å². The van der Waals surface area contributed by atoms with E-state index in [4.69, 9.17) is 5.73 Å². The Morgan fingerprint density at radius 1 is 1.33 bits per heavy atom. The van der Waals surface area contributed by atoms with Crippen molar-refractivity contribution in [2.45, 2.75) is 58.8 Å². The Morgan fingerprint density at radius 2 is 2.05 bits per heavy atom. The number of amides is 1. The molecule has 1 saturated carbocycles. The van der Waals surface area contributed by atoms with Crippen LogP contribution in [0.2, 0.25) is 0 Å². The van der Waals surface area contributed by atoms with Gasteiger partial charge in [0.05, 0.1) is 0 Å². The van der Waals surface area contributed by atoms with E-state index in [2.05, 4.69) is 29.4 Å². The average molecular weight is 310 g/mol. The van der Waals surface area contributed by atoms with Gasteiger partial charge in [0.15, 0.2) is 0 Å². The van der Waals surface area contributed by atoms with Crippen LogP contribution in [0.5, 0.6) is 0 Å². The Morgan fingerprint density at radius 3 is 2.67 bits per heavy atom. The van der Waals surface area contributed by atoms with Crippen LogP contribution >= 0.6 is 11.3 Å². The first-order valence-electron chi connectivity index (χ1n) is 7.85. The molecule has 1 aromatic heterocycles. The standard InChI is InChI=1S/C15H26N4OS/c1-11(2)8-13-18-19-14(21-13)17-12(20)9-15(10-16)6-4-3-5-7-15/h11H,3-10,16H2,1-2H3,(H,17,19,20). The molecule has 0 spiro atoms. The molecule has 0 atom stereocenters. The van der Waals surface area contributed by atoms with Gasteiger partial charge in [0.1, 0.15) is 5.01 Å². The van der Waals surface area contributed by atoms with Crippen LogP contribution in [0.15, 0.2) is 0 Å². The topological polar surface area (TPSA) is 80.9 Å². The van der Waals surface area contributed by atoms with Gasteiger partial charge in [-0.25, -0.2) is 0 Å². The van der Waals surface area contributed by atoms with Crippen molar-refractivity contribution >= 4 is 22.4 Å². The number of nitrogens with two attached hydrogens (primary N) is 1. The van der Waals surface area contributed by atoms with Crippen LogP contribution in [-0.4, -0.2) is 22.6 Å². The Labute approximate surface area is 130 Å². The lowest BCUT2D eigenvalue weighted by Crippen LogP contribution is -2.36. The molecule has 1 heterocycles. The molecule has 1 amide bonds. The first kappa shape index (κ1) is 16.4. The fourth-order valence-electron chi connectivity index (χ4n) is 2.99. The van der Waals surface area contributed by atoms with Crippen molar-refractivity contribution in [3.05, 3.63) is 5.01 Å². The molecule has 3 N–H and O–H groups in total. The fraction of sp³-hybridized carbons (Fsp3) is 0.800. The highest BCUT2D eigenvalue weighted by Crippen LogP contribution is 2.38. The second-order valence-electron chi connectivity index (χ2n) is 6.59. The second kappa shape index (κ2) is 7.31. The summed E-state index contributed by atoms with van der Waals surface area (Å²) < 4.78 is 0. The Balaban J connectivity index is 1.90. The van der Waals surface area contributed by atoms with Gasteiger partial charge in [-0.3, -0.25) is 4.79 Å². The molecule has 0 aliphatic heterocycles. The molecule has 6 heteroatoms. The summed E-state index contributed by atoms with van der Waals surface area (Å²) in [4.78, 5) is 12.2. The van der Waals surface area contributed by atoms with E-state index in [1.54, 1.807) is 0 Å². The third-order valence-electron chi connectivity index (χ3n) is 4.18. The second-order valence-corrected chi connectivity index (χ2v) is 7.65. The maximum atomic E-state index is 12.2. The molecule has 1 aliphatic carbocycles. The number of aromatic nitrogens is 2. The number of hydrogen-bond acceptors (Lipinski definition) is 5. The van der Waals surface area contributed by atoms with E-state index in [9.17, 15) is 4.79 Å². The highest BCUT2D eigenvalue weighted by atomic mass is 32.1. The average Bonchev–Trinajstić information content (AvgIpc) is 2.85. The normalized spacial score (nSPS) is 17.9. The zero-order chi connectivity index (χ0) is 15.3. The van der Waals surface area contributed by atoms with Crippen molar-refractivity contribution in [3.8, 4) is 0 Å². The van der Waals surface area contributed by atoms with Gasteiger partial charge in [0, 0.05) is 12.8 Å². The highest BCUT2D eigenvalue weighted by molar-refractivity contribution is 7.15. The molecule has 0 saturated heterocycles.